The lowest BCUT2D eigenvalue weighted by molar-refractivity contribution is 0.0939. The van der Waals surface area contributed by atoms with Crippen LogP contribution in [0.2, 0.25) is 0 Å². The summed E-state index contributed by atoms with van der Waals surface area (Å²) in [5, 5.41) is 2.86. The topological polar surface area (TPSA) is 84.5 Å². The van der Waals surface area contributed by atoms with Gasteiger partial charge in [-0.25, -0.2) is 8.42 Å². The third-order valence-electron chi connectivity index (χ3n) is 3.40. The molecule has 7 heteroatoms. The van der Waals surface area contributed by atoms with E-state index in [0.29, 0.717) is 18.0 Å². The van der Waals surface area contributed by atoms with Gasteiger partial charge in [-0.15, -0.1) is 0 Å². The lowest BCUT2D eigenvalue weighted by atomic mass is 9.85. The number of hydrogen-bond acceptors (Lipinski definition) is 4. The van der Waals surface area contributed by atoms with Gasteiger partial charge in [-0.1, -0.05) is 11.3 Å². The van der Waals surface area contributed by atoms with Crippen molar-refractivity contribution in [2.24, 2.45) is 5.92 Å². The van der Waals surface area contributed by atoms with Crippen molar-refractivity contribution in [3.63, 3.8) is 0 Å². The maximum Gasteiger partial charge on any atom is 0.262 e. The second kappa shape index (κ2) is 6.34. The van der Waals surface area contributed by atoms with E-state index in [2.05, 4.69) is 10.2 Å². The highest BCUT2D eigenvalue weighted by Gasteiger charge is 2.19. The molecule has 1 aromatic rings. The Kier molecular flexibility index (Phi) is 4.74. The summed E-state index contributed by atoms with van der Waals surface area (Å²) in [6.07, 6.45) is 3.57. The Labute approximate surface area is 118 Å². The number of benzene rings is 1. The van der Waals surface area contributed by atoms with Crippen LogP contribution in [0.25, 0.3) is 0 Å². The normalized spacial score (nSPS) is 15.7. The molecule has 0 aliphatic heterocycles. The highest BCUT2D eigenvalue weighted by molar-refractivity contribution is 7.89. The molecule has 1 fully saturated rings. The smallest absolute Gasteiger partial charge is 0.262 e. The summed E-state index contributed by atoms with van der Waals surface area (Å²) < 4.78 is 23.3. The number of hydrogen-bond donors (Lipinski definition) is 2. The highest BCUT2D eigenvalue weighted by Crippen LogP contribution is 2.25. The van der Waals surface area contributed by atoms with Gasteiger partial charge < -0.3 is 5.32 Å². The SMILES string of the molecule is CONS(=O)(=O)c1ccc(C(=O)NCC2CCC2)cc1. The van der Waals surface area contributed by atoms with Gasteiger partial charge >= 0.3 is 0 Å². The fourth-order valence-corrected chi connectivity index (χ4v) is 2.79. The molecule has 0 aromatic heterocycles. The number of sulfonamides is 1. The summed E-state index contributed by atoms with van der Waals surface area (Å²) in [7, 11) is -2.46. The molecule has 1 aromatic carbocycles. The number of rotatable bonds is 6. The van der Waals surface area contributed by atoms with Gasteiger partial charge in [-0.05, 0) is 43.0 Å². The zero-order valence-corrected chi connectivity index (χ0v) is 12.1. The van der Waals surface area contributed by atoms with E-state index in [1.165, 1.54) is 50.6 Å². The van der Waals surface area contributed by atoms with Crippen LogP contribution in [0.4, 0.5) is 0 Å². The van der Waals surface area contributed by atoms with E-state index in [9.17, 15) is 13.2 Å². The van der Waals surface area contributed by atoms with Crippen LogP contribution in [-0.2, 0) is 14.9 Å². The van der Waals surface area contributed by atoms with Gasteiger partial charge in [0.25, 0.3) is 15.9 Å². The molecule has 20 heavy (non-hydrogen) atoms. The van der Waals surface area contributed by atoms with E-state index < -0.39 is 10.0 Å². The third kappa shape index (κ3) is 3.56. The predicted octanol–water partition coefficient (Wildman–Crippen LogP) is 1.06. The molecular formula is C13H18N2O4S. The van der Waals surface area contributed by atoms with Gasteiger partial charge in [-0.2, -0.15) is 0 Å². The zero-order chi connectivity index (χ0) is 14.6. The first kappa shape index (κ1) is 15.0. The molecule has 0 unspecified atom stereocenters. The maximum absolute atomic E-state index is 11.9. The zero-order valence-electron chi connectivity index (χ0n) is 11.3. The number of amides is 1. The van der Waals surface area contributed by atoms with Gasteiger partial charge in [0.2, 0.25) is 0 Å². The van der Waals surface area contributed by atoms with Crippen molar-refractivity contribution >= 4 is 15.9 Å². The van der Waals surface area contributed by atoms with Crippen LogP contribution in [0.1, 0.15) is 29.6 Å². The monoisotopic (exact) mass is 298 g/mol. The van der Waals surface area contributed by atoms with Crippen LogP contribution < -0.4 is 10.2 Å². The molecule has 0 saturated heterocycles. The van der Waals surface area contributed by atoms with E-state index in [1.807, 2.05) is 4.89 Å². The maximum atomic E-state index is 11.9. The summed E-state index contributed by atoms with van der Waals surface area (Å²) in [5.74, 6) is 0.407. The van der Waals surface area contributed by atoms with E-state index >= 15 is 0 Å². The molecule has 1 amide bonds. The number of carbonyl (C=O) groups excluding carboxylic acids is 1. The minimum Gasteiger partial charge on any atom is -0.352 e. The van der Waals surface area contributed by atoms with Crippen molar-refractivity contribution in [3.05, 3.63) is 29.8 Å². The molecule has 0 radical (unpaired) electrons. The van der Waals surface area contributed by atoms with Gasteiger partial charge in [0.15, 0.2) is 0 Å². The van der Waals surface area contributed by atoms with Gasteiger partial charge in [0, 0.05) is 12.1 Å². The minimum absolute atomic E-state index is 0.0508. The van der Waals surface area contributed by atoms with Crippen LogP contribution in [0.15, 0.2) is 29.2 Å². The lowest BCUT2D eigenvalue weighted by Gasteiger charge is -2.25. The molecule has 1 aliphatic carbocycles. The fourth-order valence-electron chi connectivity index (χ4n) is 1.98. The fraction of sp³-hybridized carbons (Fsp3) is 0.462. The summed E-state index contributed by atoms with van der Waals surface area (Å²) >= 11 is 0. The largest absolute Gasteiger partial charge is 0.352 e. The number of carbonyl (C=O) groups is 1. The molecular weight excluding hydrogens is 280 g/mol. The predicted molar refractivity (Wildman–Crippen MR) is 73.4 cm³/mol. The van der Waals surface area contributed by atoms with E-state index in [4.69, 9.17) is 0 Å². The Bertz CT molecular complexity index is 565. The first-order valence-corrected chi connectivity index (χ1v) is 7.94. The van der Waals surface area contributed by atoms with Crippen LogP contribution in [-0.4, -0.2) is 28.0 Å². The molecule has 110 valence electrons. The van der Waals surface area contributed by atoms with Gasteiger partial charge in [0.05, 0.1) is 12.0 Å². The van der Waals surface area contributed by atoms with Crippen molar-refractivity contribution in [3.8, 4) is 0 Å². The summed E-state index contributed by atoms with van der Waals surface area (Å²) in [4.78, 5) is 18.2. The highest BCUT2D eigenvalue weighted by atomic mass is 32.2. The van der Waals surface area contributed by atoms with Crippen molar-refractivity contribution < 1.29 is 18.0 Å². The van der Waals surface area contributed by atoms with Crippen LogP contribution in [0.5, 0.6) is 0 Å². The second-order valence-corrected chi connectivity index (χ2v) is 6.47. The van der Waals surface area contributed by atoms with E-state index in [1.54, 1.807) is 0 Å². The first-order chi connectivity index (χ1) is 9.53. The van der Waals surface area contributed by atoms with Crippen molar-refractivity contribution in [1.29, 1.82) is 0 Å². The molecule has 0 bridgehead atoms. The second-order valence-electron chi connectivity index (χ2n) is 4.82. The lowest BCUT2D eigenvalue weighted by Crippen LogP contribution is -2.32. The van der Waals surface area contributed by atoms with Crippen molar-refractivity contribution in [2.75, 3.05) is 13.7 Å². The van der Waals surface area contributed by atoms with Crippen molar-refractivity contribution in [1.82, 2.24) is 10.2 Å². The molecule has 0 heterocycles. The number of nitrogens with one attached hydrogen (secondary N) is 2. The van der Waals surface area contributed by atoms with Crippen LogP contribution in [0, 0.1) is 5.92 Å². The Morgan fingerprint density at radius 1 is 1.30 bits per heavy atom. The Morgan fingerprint density at radius 2 is 1.95 bits per heavy atom. The van der Waals surface area contributed by atoms with Crippen LogP contribution in [0.3, 0.4) is 0 Å². The average Bonchev–Trinajstić information content (AvgIpc) is 2.37. The molecule has 0 spiro atoms. The summed E-state index contributed by atoms with van der Waals surface area (Å²) in [6.45, 7) is 0.685. The van der Waals surface area contributed by atoms with Gasteiger partial charge in [-0.3, -0.25) is 9.63 Å². The standard InChI is InChI=1S/C13H18N2O4S/c1-19-15-20(17,18)12-7-5-11(6-8-12)13(16)14-9-10-3-2-4-10/h5-8,10,15H,2-4,9H2,1H3,(H,14,16). The molecule has 1 aliphatic rings. The summed E-state index contributed by atoms with van der Waals surface area (Å²) in [5.41, 5.74) is 0.445. The van der Waals surface area contributed by atoms with Gasteiger partial charge in [0.1, 0.15) is 0 Å². The Morgan fingerprint density at radius 3 is 2.45 bits per heavy atom. The molecule has 6 nitrogen and oxygen atoms in total. The average molecular weight is 298 g/mol. The minimum atomic E-state index is -3.68. The first-order valence-electron chi connectivity index (χ1n) is 6.46. The third-order valence-corrected chi connectivity index (χ3v) is 4.67. The molecule has 1 saturated carbocycles. The van der Waals surface area contributed by atoms with Crippen molar-refractivity contribution in [2.45, 2.75) is 24.2 Å². The van der Waals surface area contributed by atoms with E-state index in [0.717, 1.165) is 0 Å². The molecule has 2 N–H and O–H groups in total. The quantitative estimate of drug-likeness (QED) is 0.769. The summed E-state index contributed by atoms with van der Waals surface area (Å²) in [6, 6.07) is 5.72. The molecule has 2 rings (SSSR count). The Balaban J connectivity index is 1.98. The van der Waals surface area contributed by atoms with Crippen LogP contribution >= 0.6 is 0 Å². The van der Waals surface area contributed by atoms with E-state index in [-0.39, 0.29) is 10.8 Å². The molecule has 0 atom stereocenters. The Hall–Kier alpha value is -1.44.